The van der Waals surface area contributed by atoms with Crippen LogP contribution in [0.3, 0.4) is 0 Å². The van der Waals surface area contributed by atoms with Crippen molar-refractivity contribution in [1.82, 2.24) is 10.2 Å². The number of rotatable bonds is 3. The second kappa shape index (κ2) is 4.53. The maximum Gasteiger partial charge on any atom is 0.141 e. The smallest absolute Gasteiger partial charge is 0.141 e. The van der Waals surface area contributed by atoms with E-state index in [0.29, 0.717) is 6.54 Å². The monoisotopic (exact) mass is 239 g/mol. The van der Waals surface area contributed by atoms with E-state index in [2.05, 4.69) is 15.5 Å². The van der Waals surface area contributed by atoms with Gasteiger partial charge in [-0.3, -0.25) is 5.10 Å². The van der Waals surface area contributed by atoms with Crippen LogP contribution < -0.4 is 5.32 Å². The molecule has 1 heterocycles. The molecule has 0 amide bonds. The largest absolute Gasteiger partial charge is 0.381 e. The summed E-state index contributed by atoms with van der Waals surface area (Å²) in [4.78, 5) is 0. The minimum Gasteiger partial charge on any atom is -0.381 e. The molecule has 0 saturated carbocycles. The van der Waals surface area contributed by atoms with Crippen molar-refractivity contribution in [1.29, 1.82) is 0 Å². The van der Waals surface area contributed by atoms with Crippen LogP contribution in [0.25, 0.3) is 0 Å². The highest BCUT2D eigenvalue weighted by Gasteiger charge is 2.02. The molecule has 0 fully saturated rings. The molecule has 0 radical (unpaired) electrons. The number of halogens is 2. The lowest BCUT2D eigenvalue weighted by Crippen LogP contribution is -1.99. The first-order valence-corrected chi connectivity index (χ1v) is 5.22. The van der Waals surface area contributed by atoms with Crippen molar-refractivity contribution in [3.8, 4) is 0 Å². The molecule has 1 aromatic heterocycles. The van der Waals surface area contributed by atoms with E-state index in [1.807, 2.05) is 6.92 Å². The summed E-state index contributed by atoms with van der Waals surface area (Å²) in [5.74, 6) is -0.410. The van der Waals surface area contributed by atoms with E-state index < -0.39 is 5.82 Å². The molecule has 84 valence electrons. The summed E-state index contributed by atoms with van der Waals surface area (Å²) in [6.45, 7) is 2.58. The molecule has 5 heteroatoms. The summed E-state index contributed by atoms with van der Waals surface area (Å²) in [6, 6.07) is 4.55. The highest BCUT2D eigenvalue weighted by Crippen LogP contribution is 2.19. The molecule has 0 unspecified atom stereocenters. The average Bonchev–Trinajstić information content (AvgIpc) is 2.66. The number of nitrogens with zero attached hydrogens (tertiary/aromatic N) is 1. The van der Waals surface area contributed by atoms with Crippen LogP contribution >= 0.6 is 11.6 Å². The van der Waals surface area contributed by atoms with Gasteiger partial charge < -0.3 is 5.32 Å². The molecule has 1 aromatic carbocycles. The van der Waals surface area contributed by atoms with Crippen molar-refractivity contribution in [3.63, 3.8) is 0 Å². The Hall–Kier alpha value is -1.55. The van der Waals surface area contributed by atoms with Crippen LogP contribution in [0.2, 0.25) is 5.02 Å². The molecule has 0 aliphatic carbocycles. The molecule has 0 saturated heterocycles. The lowest BCUT2D eigenvalue weighted by atomic mass is 10.2. The van der Waals surface area contributed by atoms with Gasteiger partial charge in [-0.15, -0.1) is 0 Å². The van der Waals surface area contributed by atoms with Crippen molar-refractivity contribution in [3.05, 3.63) is 46.5 Å². The number of benzene rings is 1. The van der Waals surface area contributed by atoms with Crippen molar-refractivity contribution >= 4 is 17.3 Å². The quantitative estimate of drug-likeness (QED) is 0.864. The fraction of sp³-hybridized carbons (Fsp3) is 0.182. The van der Waals surface area contributed by atoms with Gasteiger partial charge in [0.15, 0.2) is 0 Å². The van der Waals surface area contributed by atoms with Crippen molar-refractivity contribution in [2.24, 2.45) is 0 Å². The van der Waals surface area contributed by atoms with E-state index in [-0.39, 0.29) is 5.02 Å². The number of nitrogens with one attached hydrogen (secondary N) is 2. The third kappa shape index (κ3) is 2.33. The Balaban J connectivity index is 2.05. The minimum atomic E-state index is -0.410. The molecule has 2 N–H and O–H groups in total. The lowest BCUT2D eigenvalue weighted by molar-refractivity contribution is 0.628. The summed E-state index contributed by atoms with van der Waals surface area (Å²) in [5.41, 5.74) is 2.87. The zero-order chi connectivity index (χ0) is 11.5. The van der Waals surface area contributed by atoms with Crippen LogP contribution in [0.4, 0.5) is 10.1 Å². The number of aryl methyl sites for hydroxylation is 1. The van der Waals surface area contributed by atoms with Crippen LogP contribution in [0.15, 0.2) is 24.4 Å². The standard InChI is InChI=1S/C11H11ClFN3/c1-7-8(6-15-16-7)5-14-9-2-3-11(13)10(12)4-9/h2-4,6,14H,5H2,1H3,(H,15,16). The molecule has 0 aliphatic rings. The Morgan fingerprint density at radius 1 is 1.50 bits per heavy atom. The molecule has 0 spiro atoms. The van der Waals surface area contributed by atoms with Crippen molar-refractivity contribution < 1.29 is 4.39 Å². The topological polar surface area (TPSA) is 40.7 Å². The fourth-order valence-electron chi connectivity index (χ4n) is 1.36. The second-order valence-electron chi connectivity index (χ2n) is 3.50. The Labute approximate surface area is 97.6 Å². The van der Waals surface area contributed by atoms with Gasteiger partial charge in [0.25, 0.3) is 0 Å². The van der Waals surface area contributed by atoms with Gasteiger partial charge in [-0.05, 0) is 25.1 Å². The molecule has 2 rings (SSSR count). The molecule has 0 aliphatic heterocycles. The van der Waals surface area contributed by atoms with E-state index in [1.165, 1.54) is 6.07 Å². The van der Waals surface area contributed by atoms with Gasteiger partial charge >= 0.3 is 0 Å². The SMILES string of the molecule is Cc1[nH]ncc1CNc1ccc(F)c(Cl)c1. The highest BCUT2D eigenvalue weighted by atomic mass is 35.5. The molecule has 2 aromatic rings. The minimum absolute atomic E-state index is 0.119. The number of H-pyrrole nitrogens is 1. The van der Waals surface area contributed by atoms with Crippen LogP contribution in [0, 0.1) is 12.7 Å². The molecule has 0 atom stereocenters. The number of anilines is 1. The van der Waals surface area contributed by atoms with Gasteiger partial charge in [0, 0.05) is 23.5 Å². The predicted octanol–water partition coefficient (Wildman–Crippen LogP) is 3.12. The fourth-order valence-corrected chi connectivity index (χ4v) is 1.54. The number of aromatic nitrogens is 2. The Kier molecular flexibility index (Phi) is 3.10. The maximum atomic E-state index is 12.9. The molecular formula is C11H11ClFN3. The normalized spacial score (nSPS) is 10.4. The molecule has 3 nitrogen and oxygen atoms in total. The van der Waals surface area contributed by atoms with Crippen LogP contribution in [0.5, 0.6) is 0 Å². The highest BCUT2D eigenvalue weighted by molar-refractivity contribution is 6.31. The molecule has 16 heavy (non-hydrogen) atoms. The molecule has 0 bridgehead atoms. The van der Waals surface area contributed by atoms with Crippen molar-refractivity contribution in [2.75, 3.05) is 5.32 Å². The first-order valence-electron chi connectivity index (χ1n) is 4.84. The maximum absolute atomic E-state index is 12.9. The van der Waals surface area contributed by atoms with E-state index in [0.717, 1.165) is 16.9 Å². The number of aromatic amines is 1. The van der Waals surface area contributed by atoms with Gasteiger partial charge in [-0.2, -0.15) is 5.10 Å². The number of hydrogen-bond donors (Lipinski definition) is 2. The van der Waals surface area contributed by atoms with E-state index in [4.69, 9.17) is 11.6 Å². The average molecular weight is 240 g/mol. The van der Waals surface area contributed by atoms with Gasteiger partial charge in [0.05, 0.1) is 11.2 Å². The summed E-state index contributed by atoms with van der Waals surface area (Å²) in [5, 5.41) is 10.0. The molecular weight excluding hydrogens is 229 g/mol. The van der Waals surface area contributed by atoms with E-state index in [9.17, 15) is 4.39 Å². The van der Waals surface area contributed by atoms with Gasteiger partial charge in [0.2, 0.25) is 0 Å². The Morgan fingerprint density at radius 3 is 2.94 bits per heavy atom. The second-order valence-corrected chi connectivity index (χ2v) is 3.91. The van der Waals surface area contributed by atoms with Gasteiger partial charge in [-0.1, -0.05) is 11.6 Å². The Morgan fingerprint density at radius 2 is 2.31 bits per heavy atom. The van der Waals surface area contributed by atoms with E-state index >= 15 is 0 Å². The summed E-state index contributed by atoms with van der Waals surface area (Å²) in [7, 11) is 0. The van der Waals surface area contributed by atoms with Crippen LogP contribution in [-0.4, -0.2) is 10.2 Å². The van der Waals surface area contributed by atoms with Gasteiger partial charge in [-0.25, -0.2) is 4.39 Å². The number of hydrogen-bond acceptors (Lipinski definition) is 2. The summed E-state index contributed by atoms with van der Waals surface area (Å²) < 4.78 is 12.9. The first-order chi connectivity index (χ1) is 7.66. The Bertz CT molecular complexity index is 496. The third-order valence-electron chi connectivity index (χ3n) is 2.34. The van der Waals surface area contributed by atoms with Crippen molar-refractivity contribution in [2.45, 2.75) is 13.5 Å². The van der Waals surface area contributed by atoms with Gasteiger partial charge in [0.1, 0.15) is 5.82 Å². The van der Waals surface area contributed by atoms with E-state index in [1.54, 1.807) is 18.3 Å². The van der Waals surface area contributed by atoms with Crippen LogP contribution in [-0.2, 0) is 6.54 Å². The zero-order valence-electron chi connectivity index (χ0n) is 8.72. The lowest BCUT2D eigenvalue weighted by Gasteiger charge is -2.06. The van der Waals surface area contributed by atoms with Crippen LogP contribution in [0.1, 0.15) is 11.3 Å². The zero-order valence-corrected chi connectivity index (χ0v) is 9.48. The summed E-state index contributed by atoms with van der Waals surface area (Å²) >= 11 is 5.67. The predicted molar refractivity (Wildman–Crippen MR) is 62.1 cm³/mol. The summed E-state index contributed by atoms with van der Waals surface area (Å²) in [6.07, 6.45) is 1.76. The third-order valence-corrected chi connectivity index (χ3v) is 2.63. The first kappa shape index (κ1) is 11.0.